The average molecular weight is 166 g/mol. The molecule has 0 radical (unpaired) electrons. The molecule has 0 aromatic heterocycles. The lowest BCUT2D eigenvalue weighted by atomic mass is 9.97. The van der Waals surface area contributed by atoms with Crippen molar-refractivity contribution in [1.29, 1.82) is 0 Å². The first kappa shape index (κ1) is 6.86. The molecule has 0 bridgehead atoms. The zero-order valence-electron chi connectivity index (χ0n) is 6.00. The molecule has 1 atom stereocenters. The molecule has 1 heterocycles. The summed E-state index contributed by atoms with van der Waals surface area (Å²) >= 11 is 5.96. The van der Waals surface area contributed by atoms with Crippen LogP contribution in [0.3, 0.4) is 0 Å². The van der Waals surface area contributed by atoms with E-state index in [-0.39, 0.29) is 6.04 Å². The van der Waals surface area contributed by atoms with Gasteiger partial charge in [0.2, 0.25) is 0 Å². The van der Waals surface area contributed by atoms with E-state index < -0.39 is 0 Å². The summed E-state index contributed by atoms with van der Waals surface area (Å²) in [7, 11) is 0. The Bertz CT molecular complexity index is 284. The lowest BCUT2D eigenvalue weighted by molar-refractivity contribution is 0.791. The third kappa shape index (κ3) is 1.16. The second-order valence-electron chi connectivity index (χ2n) is 2.61. The molecule has 0 aromatic carbocycles. The van der Waals surface area contributed by atoms with E-state index in [1.54, 1.807) is 6.21 Å². The van der Waals surface area contributed by atoms with Gasteiger partial charge < -0.3 is 0 Å². The van der Waals surface area contributed by atoms with Crippen molar-refractivity contribution < 1.29 is 0 Å². The van der Waals surface area contributed by atoms with Crippen LogP contribution in [0.1, 0.15) is 6.42 Å². The largest absolute Gasteiger partial charge is 0.285 e. The van der Waals surface area contributed by atoms with Crippen LogP contribution in [0.5, 0.6) is 0 Å². The molecule has 1 unspecified atom stereocenters. The first-order valence-electron chi connectivity index (χ1n) is 3.64. The molecule has 0 N–H and O–H groups in total. The van der Waals surface area contributed by atoms with Crippen LogP contribution in [0, 0.1) is 0 Å². The zero-order valence-corrected chi connectivity index (χ0v) is 6.75. The number of rotatable bonds is 0. The van der Waals surface area contributed by atoms with Crippen molar-refractivity contribution >= 4 is 17.8 Å². The molecule has 0 aromatic rings. The van der Waals surface area contributed by atoms with Gasteiger partial charge in [0.15, 0.2) is 0 Å². The summed E-state index contributed by atoms with van der Waals surface area (Å²) in [6, 6.07) is 0.275. The van der Waals surface area contributed by atoms with Crippen LogP contribution >= 0.6 is 11.6 Å². The topological polar surface area (TPSA) is 12.4 Å². The van der Waals surface area contributed by atoms with E-state index in [1.165, 1.54) is 0 Å². The van der Waals surface area contributed by atoms with Crippen LogP contribution in [0.25, 0.3) is 0 Å². The van der Waals surface area contributed by atoms with Gasteiger partial charge in [-0.3, -0.25) is 4.99 Å². The molecule has 0 saturated carbocycles. The standard InChI is InChI=1S/C9H8ClN/c10-8-5-6-11-9-4-2-1-3-7(8)9/h1-3,5-6,9H,4H2. The highest BCUT2D eigenvalue weighted by Gasteiger charge is 2.17. The summed E-state index contributed by atoms with van der Waals surface area (Å²) in [6.07, 6.45) is 10.8. The molecule has 0 amide bonds. The van der Waals surface area contributed by atoms with E-state index in [0.29, 0.717) is 0 Å². The fraction of sp³-hybridized carbons (Fsp3) is 0.222. The third-order valence-corrected chi connectivity index (χ3v) is 2.24. The molecule has 0 saturated heterocycles. The number of hydrogen-bond acceptors (Lipinski definition) is 1. The smallest absolute Gasteiger partial charge is 0.0797 e. The molecule has 1 nitrogen and oxygen atoms in total. The highest BCUT2D eigenvalue weighted by molar-refractivity contribution is 6.33. The van der Waals surface area contributed by atoms with E-state index in [4.69, 9.17) is 11.6 Å². The molecule has 11 heavy (non-hydrogen) atoms. The van der Waals surface area contributed by atoms with Crippen molar-refractivity contribution in [3.63, 3.8) is 0 Å². The maximum atomic E-state index is 5.96. The van der Waals surface area contributed by atoms with E-state index in [0.717, 1.165) is 17.0 Å². The number of hydrogen-bond donors (Lipinski definition) is 0. The van der Waals surface area contributed by atoms with Crippen LogP contribution < -0.4 is 0 Å². The number of halogens is 1. The summed E-state index contributed by atoms with van der Waals surface area (Å²) in [5.74, 6) is 0. The van der Waals surface area contributed by atoms with Gasteiger partial charge in [-0.15, -0.1) is 0 Å². The van der Waals surface area contributed by atoms with Crippen LogP contribution in [-0.4, -0.2) is 12.3 Å². The highest BCUT2D eigenvalue weighted by Crippen LogP contribution is 2.27. The minimum Gasteiger partial charge on any atom is -0.285 e. The van der Waals surface area contributed by atoms with Gasteiger partial charge >= 0.3 is 0 Å². The van der Waals surface area contributed by atoms with Crippen molar-refractivity contribution in [1.82, 2.24) is 0 Å². The van der Waals surface area contributed by atoms with Gasteiger partial charge in [0.25, 0.3) is 0 Å². The molecule has 2 aliphatic rings. The Morgan fingerprint density at radius 1 is 1.45 bits per heavy atom. The lowest BCUT2D eigenvalue weighted by Gasteiger charge is -2.19. The predicted octanol–water partition coefficient (Wildman–Crippen LogP) is 2.45. The van der Waals surface area contributed by atoms with E-state index in [1.807, 2.05) is 18.2 Å². The van der Waals surface area contributed by atoms with Crippen molar-refractivity contribution in [3.8, 4) is 0 Å². The Hall–Kier alpha value is -0.820. The minimum atomic E-state index is 0.275. The summed E-state index contributed by atoms with van der Waals surface area (Å²) < 4.78 is 0. The molecular formula is C9H8ClN. The van der Waals surface area contributed by atoms with E-state index >= 15 is 0 Å². The van der Waals surface area contributed by atoms with E-state index in [2.05, 4.69) is 11.1 Å². The summed E-state index contributed by atoms with van der Waals surface area (Å²) in [4.78, 5) is 4.30. The first-order valence-corrected chi connectivity index (χ1v) is 4.02. The van der Waals surface area contributed by atoms with Gasteiger partial charge in [0, 0.05) is 11.2 Å². The Labute approximate surface area is 70.8 Å². The fourth-order valence-electron chi connectivity index (χ4n) is 1.31. The van der Waals surface area contributed by atoms with Crippen molar-refractivity contribution in [2.75, 3.05) is 0 Å². The molecule has 1 aliphatic heterocycles. The second kappa shape index (κ2) is 2.67. The third-order valence-electron chi connectivity index (χ3n) is 1.89. The molecule has 1 aliphatic carbocycles. The average Bonchev–Trinajstić information content (AvgIpc) is 2.06. The molecule has 0 spiro atoms. The Balaban J connectivity index is 2.40. The SMILES string of the molecule is ClC1=CC=NC2CC=CC=C12. The van der Waals surface area contributed by atoms with E-state index in [9.17, 15) is 0 Å². The van der Waals surface area contributed by atoms with Gasteiger partial charge in [0.05, 0.1) is 6.04 Å². The van der Waals surface area contributed by atoms with Gasteiger partial charge in [-0.2, -0.15) is 0 Å². The maximum absolute atomic E-state index is 5.96. The van der Waals surface area contributed by atoms with Crippen molar-refractivity contribution in [3.05, 3.63) is 34.9 Å². The van der Waals surface area contributed by atoms with Crippen LogP contribution in [-0.2, 0) is 0 Å². The summed E-state index contributed by atoms with van der Waals surface area (Å²) in [5.41, 5.74) is 1.15. The van der Waals surface area contributed by atoms with Crippen molar-refractivity contribution in [2.45, 2.75) is 12.5 Å². The first-order chi connectivity index (χ1) is 5.38. The molecule has 2 rings (SSSR count). The second-order valence-corrected chi connectivity index (χ2v) is 3.02. The number of allylic oxidation sites excluding steroid dienone is 3. The quantitative estimate of drug-likeness (QED) is 0.523. The Morgan fingerprint density at radius 2 is 2.36 bits per heavy atom. The fourth-order valence-corrected chi connectivity index (χ4v) is 1.55. The predicted molar refractivity (Wildman–Crippen MR) is 48.1 cm³/mol. The number of dihydropyridines is 1. The number of fused-ring (bicyclic) bond motifs is 1. The van der Waals surface area contributed by atoms with Gasteiger partial charge in [-0.05, 0) is 18.1 Å². The number of nitrogens with zero attached hydrogens (tertiary/aromatic N) is 1. The summed E-state index contributed by atoms with van der Waals surface area (Å²) in [5, 5.41) is 0.828. The maximum Gasteiger partial charge on any atom is 0.0797 e. The van der Waals surface area contributed by atoms with Crippen LogP contribution in [0.4, 0.5) is 0 Å². The molecule has 2 heteroatoms. The molecular weight excluding hydrogens is 158 g/mol. The Morgan fingerprint density at radius 3 is 3.18 bits per heavy atom. The van der Waals surface area contributed by atoms with Gasteiger partial charge in [0.1, 0.15) is 0 Å². The molecule has 0 fully saturated rings. The normalized spacial score (nSPS) is 27.5. The number of aliphatic imine (C=N–C) groups is 1. The summed E-state index contributed by atoms with van der Waals surface area (Å²) in [6.45, 7) is 0. The van der Waals surface area contributed by atoms with Crippen LogP contribution in [0.2, 0.25) is 0 Å². The monoisotopic (exact) mass is 165 g/mol. The van der Waals surface area contributed by atoms with Crippen LogP contribution in [0.15, 0.2) is 39.9 Å². The van der Waals surface area contributed by atoms with Gasteiger partial charge in [-0.25, -0.2) is 0 Å². The van der Waals surface area contributed by atoms with Crippen molar-refractivity contribution in [2.24, 2.45) is 4.99 Å². The lowest BCUT2D eigenvalue weighted by Crippen LogP contribution is -2.13. The minimum absolute atomic E-state index is 0.275. The zero-order chi connectivity index (χ0) is 7.68. The Kier molecular flexibility index (Phi) is 1.66. The molecule has 56 valence electrons. The highest BCUT2D eigenvalue weighted by atomic mass is 35.5. The van der Waals surface area contributed by atoms with Gasteiger partial charge in [-0.1, -0.05) is 29.8 Å².